The normalized spacial score (nSPS) is 23.4. The van der Waals surface area contributed by atoms with Gasteiger partial charge in [0.2, 0.25) is 11.7 Å². The molecule has 0 saturated heterocycles. The lowest BCUT2D eigenvalue weighted by molar-refractivity contribution is 0.375. The molecule has 0 aliphatic carbocycles. The lowest BCUT2D eigenvalue weighted by atomic mass is 10.1. The average Bonchev–Trinajstić information content (AvgIpc) is 2.60. The fourth-order valence-electron chi connectivity index (χ4n) is 1.41. The smallest absolute Gasteiger partial charge is 0.209 e. The number of benzene rings is 1. The van der Waals surface area contributed by atoms with Gasteiger partial charge in [-0.1, -0.05) is 23.6 Å². The number of nitrogens with zero attached hydrogens (tertiary/aromatic N) is 1. The molecule has 1 unspecified atom stereocenters. The maximum absolute atomic E-state index is 5.98. The Balaban J connectivity index is 2.43. The van der Waals surface area contributed by atoms with Crippen LogP contribution in [0.4, 0.5) is 0 Å². The van der Waals surface area contributed by atoms with Crippen molar-refractivity contribution >= 4 is 17.6 Å². The van der Waals surface area contributed by atoms with Gasteiger partial charge in [-0.25, -0.2) is 4.99 Å². The predicted octanol–water partition coefficient (Wildman–Crippen LogP) is -0.187. The molecule has 82 valence electrons. The number of hydrogen-bond acceptors (Lipinski definition) is 5. The zero-order valence-corrected chi connectivity index (χ0v) is 9.05. The first-order chi connectivity index (χ1) is 7.55. The summed E-state index contributed by atoms with van der Waals surface area (Å²) in [6.07, 6.45) is 5.27. The molecule has 1 aliphatic rings. The molecule has 0 bridgehead atoms. The van der Waals surface area contributed by atoms with Gasteiger partial charge < -0.3 is 5.73 Å². The highest BCUT2D eigenvalue weighted by atomic mass is 35.5. The van der Waals surface area contributed by atoms with E-state index in [-0.39, 0.29) is 5.96 Å². The van der Waals surface area contributed by atoms with Crippen LogP contribution in [0.5, 0.6) is 0 Å². The lowest BCUT2D eigenvalue weighted by Gasteiger charge is -2.20. The Morgan fingerprint density at radius 3 is 2.75 bits per heavy atom. The zero-order chi connectivity index (χ0) is 11.8. The second-order valence-corrected chi connectivity index (χ2v) is 3.76. The van der Waals surface area contributed by atoms with E-state index in [1.807, 2.05) is 0 Å². The number of rotatable bonds is 1. The highest BCUT2D eigenvalue weighted by Crippen LogP contribution is 2.24. The van der Waals surface area contributed by atoms with Gasteiger partial charge in [0.25, 0.3) is 0 Å². The molecule has 0 spiro atoms. The Labute approximate surface area is 97.8 Å². The van der Waals surface area contributed by atoms with Crippen molar-refractivity contribution in [3.63, 3.8) is 0 Å². The van der Waals surface area contributed by atoms with Crippen LogP contribution in [-0.2, 0) is 5.79 Å². The van der Waals surface area contributed by atoms with Gasteiger partial charge in [-0.2, -0.15) is 5.43 Å². The minimum absolute atomic E-state index is 0.222. The minimum Gasteiger partial charge on any atom is -0.369 e. The van der Waals surface area contributed by atoms with E-state index in [9.17, 15) is 0 Å². The quantitative estimate of drug-likeness (QED) is 0.508. The van der Waals surface area contributed by atoms with Gasteiger partial charge in [0.15, 0.2) is 0 Å². The highest BCUT2D eigenvalue weighted by molar-refractivity contribution is 6.31. The Morgan fingerprint density at radius 1 is 1.50 bits per heavy atom. The number of hydrazine groups is 1. The van der Waals surface area contributed by atoms with Crippen LogP contribution in [0, 0.1) is 12.3 Å². The van der Waals surface area contributed by atoms with Gasteiger partial charge in [-0.05, 0) is 12.1 Å². The molecule has 1 aromatic carbocycles. The summed E-state index contributed by atoms with van der Waals surface area (Å²) in [5.41, 5.74) is 18.1. The molecule has 0 saturated carbocycles. The third kappa shape index (κ3) is 1.70. The van der Waals surface area contributed by atoms with Crippen LogP contribution >= 0.6 is 11.6 Å². The molecule has 5 nitrogen and oxygen atoms in total. The van der Waals surface area contributed by atoms with Gasteiger partial charge >= 0.3 is 0 Å². The van der Waals surface area contributed by atoms with E-state index in [0.29, 0.717) is 16.1 Å². The standard InChI is InChI=1S/C10H10ClN5/c1-2-6-3-4-7(5-8(6)11)10(13)14-9(12)15-16-10/h1,3-5,16H,13H2,(H3,12,14,15). The Bertz CT molecular complexity index is 504. The van der Waals surface area contributed by atoms with Crippen LogP contribution < -0.4 is 22.3 Å². The summed E-state index contributed by atoms with van der Waals surface area (Å²) in [4.78, 5) is 4.03. The van der Waals surface area contributed by atoms with E-state index in [2.05, 4.69) is 21.8 Å². The fourth-order valence-corrected chi connectivity index (χ4v) is 1.65. The van der Waals surface area contributed by atoms with Crippen LogP contribution in [0.25, 0.3) is 0 Å². The van der Waals surface area contributed by atoms with Crippen LogP contribution in [0.1, 0.15) is 11.1 Å². The van der Waals surface area contributed by atoms with Crippen LogP contribution in [0.3, 0.4) is 0 Å². The summed E-state index contributed by atoms with van der Waals surface area (Å²) in [5.74, 6) is 1.58. The number of nitrogens with two attached hydrogens (primary N) is 2. The second kappa shape index (κ2) is 3.68. The number of hydrogen-bond donors (Lipinski definition) is 4. The first-order valence-corrected chi connectivity index (χ1v) is 4.87. The Morgan fingerprint density at radius 2 is 2.25 bits per heavy atom. The monoisotopic (exact) mass is 235 g/mol. The van der Waals surface area contributed by atoms with Crippen molar-refractivity contribution < 1.29 is 0 Å². The van der Waals surface area contributed by atoms with E-state index in [1.54, 1.807) is 18.2 Å². The number of halogens is 1. The molecule has 1 aliphatic heterocycles. The topological polar surface area (TPSA) is 88.5 Å². The zero-order valence-electron chi connectivity index (χ0n) is 8.29. The molecule has 1 heterocycles. The summed E-state index contributed by atoms with van der Waals surface area (Å²) in [6.45, 7) is 0. The maximum atomic E-state index is 5.98. The molecule has 1 atom stereocenters. The van der Waals surface area contributed by atoms with Crippen molar-refractivity contribution in [3.05, 3.63) is 34.3 Å². The minimum atomic E-state index is -1.11. The van der Waals surface area contributed by atoms with Crippen LogP contribution in [-0.4, -0.2) is 5.96 Å². The van der Waals surface area contributed by atoms with Gasteiger partial charge in [0, 0.05) is 11.1 Å². The van der Waals surface area contributed by atoms with Gasteiger partial charge in [0.05, 0.1) is 5.02 Å². The van der Waals surface area contributed by atoms with E-state index < -0.39 is 5.79 Å². The molecule has 2 rings (SSSR count). The summed E-state index contributed by atoms with van der Waals surface area (Å²) in [7, 11) is 0. The summed E-state index contributed by atoms with van der Waals surface area (Å²) >= 11 is 5.98. The Hall–Kier alpha value is -1.74. The number of terminal acetylenes is 1. The van der Waals surface area contributed by atoms with Gasteiger partial charge in [-0.3, -0.25) is 11.2 Å². The molecular weight excluding hydrogens is 226 g/mol. The first kappa shape index (κ1) is 10.8. The largest absolute Gasteiger partial charge is 0.369 e. The number of nitrogens with one attached hydrogen (secondary N) is 2. The second-order valence-electron chi connectivity index (χ2n) is 3.35. The first-order valence-electron chi connectivity index (χ1n) is 4.49. The molecule has 16 heavy (non-hydrogen) atoms. The fraction of sp³-hybridized carbons (Fsp3) is 0.100. The molecule has 0 aromatic heterocycles. The molecule has 0 fully saturated rings. The van der Waals surface area contributed by atoms with Crippen LogP contribution in [0.15, 0.2) is 23.2 Å². The Kier molecular flexibility index (Phi) is 2.48. The molecule has 0 radical (unpaired) electrons. The van der Waals surface area contributed by atoms with Crippen molar-refractivity contribution in [1.29, 1.82) is 0 Å². The number of guanidine groups is 1. The summed E-state index contributed by atoms with van der Waals surface area (Å²) in [5, 5.41) is 0.451. The molecular formula is C10H10ClN5. The summed E-state index contributed by atoms with van der Waals surface area (Å²) < 4.78 is 0. The maximum Gasteiger partial charge on any atom is 0.209 e. The molecule has 6 N–H and O–H groups in total. The highest BCUT2D eigenvalue weighted by Gasteiger charge is 2.31. The van der Waals surface area contributed by atoms with Crippen molar-refractivity contribution in [2.45, 2.75) is 5.79 Å². The van der Waals surface area contributed by atoms with Crippen molar-refractivity contribution in [2.75, 3.05) is 0 Å². The number of aliphatic imine (C=N–C) groups is 1. The molecule has 1 aromatic rings. The van der Waals surface area contributed by atoms with E-state index >= 15 is 0 Å². The van der Waals surface area contributed by atoms with Gasteiger partial charge in [-0.15, -0.1) is 6.42 Å². The third-order valence-electron chi connectivity index (χ3n) is 2.24. The summed E-state index contributed by atoms with van der Waals surface area (Å²) in [6, 6.07) is 5.11. The van der Waals surface area contributed by atoms with E-state index in [1.165, 1.54) is 0 Å². The predicted molar refractivity (Wildman–Crippen MR) is 63.1 cm³/mol. The van der Waals surface area contributed by atoms with Crippen molar-refractivity contribution in [1.82, 2.24) is 10.9 Å². The third-order valence-corrected chi connectivity index (χ3v) is 2.56. The van der Waals surface area contributed by atoms with Gasteiger partial charge in [0.1, 0.15) is 0 Å². The van der Waals surface area contributed by atoms with E-state index in [4.69, 9.17) is 29.5 Å². The van der Waals surface area contributed by atoms with E-state index in [0.717, 1.165) is 0 Å². The van der Waals surface area contributed by atoms with Crippen molar-refractivity contribution in [3.8, 4) is 12.3 Å². The van der Waals surface area contributed by atoms with Crippen LogP contribution in [0.2, 0.25) is 5.02 Å². The van der Waals surface area contributed by atoms with Crippen molar-refractivity contribution in [2.24, 2.45) is 16.5 Å². The SMILES string of the molecule is C#Cc1ccc(C2(N)N=C(N)NN2)cc1Cl. The molecule has 6 heteroatoms. The lowest BCUT2D eigenvalue weighted by Crippen LogP contribution is -2.50. The average molecular weight is 236 g/mol. The molecule has 0 amide bonds.